The van der Waals surface area contributed by atoms with E-state index in [9.17, 15) is 24.3 Å². The van der Waals surface area contributed by atoms with Crippen molar-refractivity contribution in [1.82, 2.24) is 14.7 Å². The van der Waals surface area contributed by atoms with Crippen LogP contribution in [0.4, 0.5) is 0 Å². The van der Waals surface area contributed by atoms with Crippen molar-refractivity contribution in [3.8, 4) is 0 Å². The molecule has 45 heavy (non-hydrogen) atoms. The van der Waals surface area contributed by atoms with Crippen molar-refractivity contribution in [2.45, 2.75) is 95.2 Å². The molecule has 1 aromatic carbocycles. The average molecular weight is 622 g/mol. The monoisotopic (exact) mass is 621 g/mol. The molecule has 5 bridgehead atoms. The van der Waals surface area contributed by atoms with Gasteiger partial charge in [0.15, 0.2) is 0 Å². The summed E-state index contributed by atoms with van der Waals surface area (Å²) in [6, 6.07) is 7.77. The molecule has 4 aliphatic heterocycles. The summed E-state index contributed by atoms with van der Waals surface area (Å²) in [6.07, 6.45) is 9.70. The Morgan fingerprint density at radius 3 is 2.44 bits per heavy atom. The zero-order valence-electron chi connectivity index (χ0n) is 26.8. The van der Waals surface area contributed by atoms with Gasteiger partial charge in [-0.25, -0.2) is 0 Å². The maximum Gasteiger partial charge on any atom is 0.313 e. The number of amides is 3. The van der Waals surface area contributed by atoms with Crippen LogP contribution in [-0.4, -0.2) is 100 Å². The van der Waals surface area contributed by atoms with E-state index in [-0.39, 0.29) is 36.8 Å². The van der Waals surface area contributed by atoms with Gasteiger partial charge < -0.3 is 29.3 Å². The predicted octanol–water partition coefficient (Wildman–Crippen LogP) is 3.41. The second-order valence-electron chi connectivity index (χ2n) is 13.0. The molecule has 10 heteroatoms. The number of allylic oxidation sites excluding steroid dienone is 1. The van der Waals surface area contributed by atoms with Gasteiger partial charge in [0.05, 0.1) is 18.1 Å². The summed E-state index contributed by atoms with van der Waals surface area (Å²) in [7, 11) is 1.72. The van der Waals surface area contributed by atoms with Gasteiger partial charge in [-0.05, 0) is 45.6 Å². The summed E-state index contributed by atoms with van der Waals surface area (Å²) in [5.74, 6) is -3.00. The normalized spacial score (nSPS) is 32.9. The van der Waals surface area contributed by atoms with Gasteiger partial charge in [-0.2, -0.15) is 0 Å². The molecule has 2 saturated heterocycles. The smallest absolute Gasteiger partial charge is 0.313 e. The molecular formula is C35H47N3O7. The molecule has 7 atom stereocenters. The van der Waals surface area contributed by atoms with Crippen molar-refractivity contribution in [2.75, 3.05) is 26.7 Å². The van der Waals surface area contributed by atoms with Crippen LogP contribution in [0.2, 0.25) is 0 Å². The van der Waals surface area contributed by atoms with E-state index in [0.717, 1.165) is 18.4 Å². The molecule has 5 rings (SSSR count). The first-order valence-corrected chi connectivity index (χ1v) is 16.4. The van der Waals surface area contributed by atoms with E-state index < -0.39 is 47.7 Å². The quantitative estimate of drug-likeness (QED) is 0.269. The van der Waals surface area contributed by atoms with Crippen molar-refractivity contribution in [3.05, 3.63) is 60.2 Å². The van der Waals surface area contributed by atoms with Gasteiger partial charge in [0.2, 0.25) is 17.7 Å². The number of hydrogen-bond acceptors (Lipinski definition) is 7. The highest BCUT2D eigenvalue weighted by Crippen LogP contribution is 2.56. The number of nitrogens with zero attached hydrogens (tertiary/aromatic N) is 3. The molecule has 0 aromatic heterocycles. The standard InChI is InChI=1S/C35H47N3O7/c1-23(2)37-20-13-8-11-17-27(40)36(4)24(3)30(25-15-9-7-10-16-25)44-34(43)28-26-18-19-35(45-26)29(28)32(41)38(31(35)33(37)42)21-12-5-6-14-22-39/h7-10,13,15-16,18-19,23-24,26,28-31,39H,5-6,11-12,14,17,20-22H2,1-4H3/b13-8-/t24-,26+,28-,29-,30+,31+,35-/m1/s1. The number of hydrogen-bond donors (Lipinski definition) is 1. The van der Waals surface area contributed by atoms with E-state index in [1.165, 1.54) is 0 Å². The molecule has 244 valence electrons. The fourth-order valence-corrected chi connectivity index (χ4v) is 7.33. The Kier molecular flexibility index (Phi) is 10.1. The number of likely N-dealkylation sites (tertiary alicyclic amines) is 1. The summed E-state index contributed by atoms with van der Waals surface area (Å²) in [4.78, 5) is 61.2. The van der Waals surface area contributed by atoms with Gasteiger partial charge in [-0.3, -0.25) is 19.2 Å². The number of esters is 1. The fourth-order valence-electron chi connectivity index (χ4n) is 7.33. The summed E-state index contributed by atoms with van der Waals surface area (Å²) in [6.45, 7) is 6.52. The molecule has 0 unspecified atom stereocenters. The van der Waals surface area contributed by atoms with Crippen LogP contribution < -0.4 is 0 Å². The molecule has 1 aromatic rings. The van der Waals surface area contributed by atoms with Crippen molar-refractivity contribution in [1.29, 1.82) is 0 Å². The minimum atomic E-state index is -1.28. The van der Waals surface area contributed by atoms with Crippen molar-refractivity contribution >= 4 is 23.7 Å². The number of benzene rings is 1. The van der Waals surface area contributed by atoms with Gasteiger partial charge in [-0.1, -0.05) is 67.5 Å². The lowest BCUT2D eigenvalue weighted by Crippen LogP contribution is -2.57. The van der Waals surface area contributed by atoms with E-state index in [1.54, 1.807) is 27.8 Å². The summed E-state index contributed by atoms with van der Waals surface area (Å²) >= 11 is 0. The molecule has 2 fully saturated rings. The van der Waals surface area contributed by atoms with E-state index in [1.807, 2.05) is 69.3 Å². The Morgan fingerprint density at radius 1 is 1.00 bits per heavy atom. The zero-order chi connectivity index (χ0) is 32.3. The molecule has 10 nitrogen and oxygen atoms in total. The summed E-state index contributed by atoms with van der Waals surface area (Å²) in [5.41, 5.74) is -0.535. The van der Waals surface area contributed by atoms with Crippen molar-refractivity contribution < 1.29 is 33.8 Å². The first-order valence-electron chi connectivity index (χ1n) is 16.4. The minimum Gasteiger partial charge on any atom is -0.455 e. The lowest BCUT2D eigenvalue weighted by atomic mass is 9.74. The molecule has 3 amide bonds. The molecule has 0 saturated carbocycles. The first-order chi connectivity index (χ1) is 21.6. The second kappa shape index (κ2) is 13.9. The Balaban J connectivity index is 1.55. The highest BCUT2D eigenvalue weighted by molar-refractivity contribution is 5.99. The largest absolute Gasteiger partial charge is 0.455 e. The number of unbranched alkanes of at least 4 members (excludes halogenated alkanes) is 3. The van der Waals surface area contributed by atoms with Crippen LogP contribution >= 0.6 is 0 Å². The SMILES string of the molecule is CC(C)N1C/C=C\CCC(=O)N(C)[C@H](C)[C@@H](c2ccccc2)OC(=O)[C@@H]2[C@@H]3C=C[C@]4(O3)[C@H](C1=O)N(CCCCCCO)C(=O)[C@@H]24. The topological polar surface area (TPSA) is 117 Å². The van der Waals surface area contributed by atoms with Crippen molar-refractivity contribution in [2.24, 2.45) is 11.8 Å². The third-order valence-corrected chi connectivity index (χ3v) is 9.90. The van der Waals surface area contributed by atoms with Crippen LogP contribution in [0.1, 0.15) is 71.0 Å². The Hall–Kier alpha value is -3.50. The van der Waals surface area contributed by atoms with Crippen LogP contribution in [0.15, 0.2) is 54.6 Å². The number of fused-ring (bicyclic) bond motifs is 2. The van der Waals surface area contributed by atoms with Crippen LogP contribution in [0, 0.1) is 11.8 Å². The number of aliphatic hydroxyl groups excluding tert-OH is 1. The van der Waals surface area contributed by atoms with Gasteiger partial charge in [0.25, 0.3) is 0 Å². The molecule has 1 N–H and O–H groups in total. The van der Waals surface area contributed by atoms with E-state index in [2.05, 4.69) is 0 Å². The second-order valence-corrected chi connectivity index (χ2v) is 13.0. The van der Waals surface area contributed by atoms with Gasteiger partial charge in [-0.15, -0.1) is 0 Å². The minimum absolute atomic E-state index is 0.0840. The maximum atomic E-state index is 14.5. The summed E-state index contributed by atoms with van der Waals surface area (Å²) in [5, 5.41) is 9.21. The van der Waals surface area contributed by atoms with Gasteiger partial charge in [0.1, 0.15) is 23.7 Å². The zero-order valence-corrected chi connectivity index (χ0v) is 26.8. The van der Waals surface area contributed by atoms with E-state index in [0.29, 0.717) is 32.4 Å². The molecule has 0 radical (unpaired) electrons. The van der Waals surface area contributed by atoms with Crippen LogP contribution in [-0.2, 0) is 28.7 Å². The van der Waals surface area contributed by atoms with Gasteiger partial charge >= 0.3 is 5.97 Å². The number of aliphatic hydroxyl groups is 1. The number of likely N-dealkylation sites (N-methyl/N-ethyl adjacent to an activating group) is 1. The number of cyclic esters (lactones) is 1. The molecule has 4 aliphatic rings. The third-order valence-electron chi connectivity index (χ3n) is 9.90. The number of rotatable bonds is 8. The van der Waals surface area contributed by atoms with Crippen LogP contribution in [0.3, 0.4) is 0 Å². The highest BCUT2D eigenvalue weighted by Gasteiger charge is 2.73. The predicted molar refractivity (Wildman–Crippen MR) is 168 cm³/mol. The van der Waals surface area contributed by atoms with Gasteiger partial charge in [0, 0.05) is 39.2 Å². The third kappa shape index (κ3) is 6.19. The van der Waals surface area contributed by atoms with E-state index >= 15 is 0 Å². The highest BCUT2D eigenvalue weighted by atomic mass is 16.6. The lowest BCUT2D eigenvalue weighted by Gasteiger charge is -2.37. The van der Waals surface area contributed by atoms with Crippen molar-refractivity contribution in [3.63, 3.8) is 0 Å². The number of ether oxygens (including phenoxy) is 2. The lowest BCUT2D eigenvalue weighted by molar-refractivity contribution is -0.164. The van der Waals surface area contributed by atoms with E-state index in [4.69, 9.17) is 9.47 Å². The first kappa shape index (κ1) is 32.9. The number of carbonyl (C=O) groups is 4. The van der Waals surface area contributed by atoms with Crippen LogP contribution in [0.5, 0.6) is 0 Å². The molecular weight excluding hydrogens is 574 g/mol. The Morgan fingerprint density at radius 2 is 1.73 bits per heavy atom. The average Bonchev–Trinajstić information content (AvgIpc) is 3.67. The molecule has 1 spiro atoms. The molecule has 4 heterocycles. The maximum absolute atomic E-state index is 14.5. The van der Waals surface area contributed by atoms with Crippen LogP contribution in [0.25, 0.3) is 0 Å². The molecule has 0 aliphatic carbocycles. The number of carbonyl (C=O) groups excluding carboxylic acids is 4. The Bertz CT molecular complexity index is 1310. The Labute approximate surface area is 266 Å². The summed E-state index contributed by atoms with van der Waals surface area (Å²) < 4.78 is 12.8. The fraction of sp³-hybridized carbons (Fsp3) is 0.600.